The van der Waals surface area contributed by atoms with Gasteiger partial charge in [-0.1, -0.05) is 0 Å². The SMILES string of the molecule is CC(C)(C)N1CCC2(CC1)CC(N1CC3CN(C(C)(C)C)CC3C1)C2. The second kappa shape index (κ2) is 5.94. The summed E-state index contributed by atoms with van der Waals surface area (Å²) in [5, 5.41) is 0. The lowest BCUT2D eigenvalue weighted by Crippen LogP contribution is -2.57. The molecule has 1 spiro atoms. The average molecular weight is 348 g/mol. The minimum absolute atomic E-state index is 0.357. The van der Waals surface area contributed by atoms with Crippen LogP contribution in [0.15, 0.2) is 0 Å². The number of rotatable bonds is 1. The van der Waals surface area contributed by atoms with E-state index in [1.807, 2.05) is 0 Å². The Labute approximate surface area is 156 Å². The molecule has 3 nitrogen and oxygen atoms in total. The number of piperidine rings is 1. The molecule has 3 aliphatic heterocycles. The van der Waals surface area contributed by atoms with Gasteiger partial charge in [-0.15, -0.1) is 0 Å². The zero-order chi connectivity index (χ0) is 18.0. The molecular formula is C22H41N3. The van der Waals surface area contributed by atoms with E-state index in [0.717, 1.165) is 17.9 Å². The van der Waals surface area contributed by atoms with Gasteiger partial charge in [0.05, 0.1) is 0 Å². The maximum absolute atomic E-state index is 2.89. The molecule has 25 heavy (non-hydrogen) atoms. The van der Waals surface area contributed by atoms with E-state index in [4.69, 9.17) is 0 Å². The molecule has 0 N–H and O–H groups in total. The first kappa shape index (κ1) is 18.3. The first-order valence-electron chi connectivity index (χ1n) is 10.8. The van der Waals surface area contributed by atoms with Crippen LogP contribution in [0.1, 0.15) is 67.2 Å². The largest absolute Gasteiger partial charge is 0.300 e. The molecule has 3 heterocycles. The van der Waals surface area contributed by atoms with Crippen molar-refractivity contribution >= 4 is 0 Å². The Morgan fingerprint density at radius 1 is 0.680 bits per heavy atom. The van der Waals surface area contributed by atoms with E-state index in [-0.39, 0.29) is 0 Å². The average Bonchev–Trinajstić information content (AvgIpc) is 3.01. The predicted molar refractivity (Wildman–Crippen MR) is 106 cm³/mol. The van der Waals surface area contributed by atoms with Crippen LogP contribution < -0.4 is 0 Å². The Hall–Kier alpha value is -0.120. The third-order valence-electron chi connectivity index (χ3n) is 8.09. The van der Waals surface area contributed by atoms with Crippen molar-refractivity contribution in [1.82, 2.24) is 14.7 Å². The lowest BCUT2D eigenvalue weighted by Gasteiger charge is -2.56. The summed E-state index contributed by atoms with van der Waals surface area (Å²) in [6.45, 7) is 22.3. The lowest BCUT2D eigenvalue weighted by atomic mass is 9.59. The van der Waals surface area contributed by atoms with Crippen molar-refractivity contribution in [1.29, 1.82) is 0 Å². The third-order valence-corrected chi connectivity index (χ3v) is 8.09. The maximum Gasteiger partial charge on any atom is 0.0125 e. The highest BCUT2D eigenvalue weighted by Crippen LogP contribution is 2.53. The monoisotopic (exact) mass is 347 g/mol. The van der Waals surface area contributed by atoms with Crippen molar-refractivity contribution in [2.24, 2.45) is 17.3 Å². The van der Waals surface area contributed by atoms with Gasteiger partial charge in [0.15, 0.2) is 0 Å². The quantitative estimate of drug-likeness (QED) is 0.716. The number of hydrogen-bond donors (Lipinski definition) is 0. The zero-order valence-electron chi connectivity index (χ0n) is 17.6. The van der Waals surface area contributed by atoms with Gasteiger partial charge in [-0.3, -0.25) is 14.7 Å². The Balaban J connectivity index is 1.25. The fourth-order valence-electron chi connectivity index (χ4n) is 6.13. The Kier molecular flexibility index (Phi) is 4.34. The van der Waals surface area contributed by atoms with Crippen molar-refractivity contribution in [3.8, 4) is 0 Å². The van der Waals surface area contributed by atoms with E-state index in [9.17, 15) is 0 Å². The summed E-state index contributed by atoms with van der Waals surface area (Å²) in [7, 11) is 0. The summed E-state index contributed by atoms with van der Waals surface area (Å²) < 4.78 is 0. The first-order chi connectivity index (χ1) is 11.6. The van der Waals surface area contributed by atoms with E-state index >= 15 is 0 Å². The van der Waals surface area contributed by atoms with Crippen LogP contribution in [-0.2, 0) is 0 Å². The van der Waals surface area contributed by atoms with Crippen LogP contribution in [0.2, 0.25) is 0 Å². The van der Waals surface area contributed by atoms with E-state index in [1.165, 1.54) is 65.0 Å². The van der Waals surface area contributed by atoms with Gasteiger partial charge in [0.1, 0.15) is 0 Å². The molecule has 0 amide bonds. The van der Waals surface area contributed by atoms with Crippen LogP contribution in [0.4, 0.5) is 0 Å². The minimum atomic E-state index is 0.357. The molecule has 3 saturated heterocycles. The van der Waals surface area contributed by atoms with Crippen LogP contribution in [0.25, 0.3) is 0 Å². The third kappa shape index (κ3) is 3.41. The van der Waals surface area contributed by atoms with Crippen LogP contribution in [-0.4, -0.2) is 71.1 Å². The van der Waals surface area contributed by atoms with Crippen molar-refractivity contribution in [2.45, 2.75) is 84.3 Å². The minimum Gasteiger partial charge on any atom is -0.300 e. The Morgan fingerprint density at radius 2 is 1.16 bits per heavy atom. The van der Waals surface area contributed by atoms with Crippen molar-refractivity contribution in [3.63, 3.8) is 0 Å². The van der Waals surface area contributed by atoms with Crippen molar-refractivity contribution in [3.05, 3.63) is 0 Å². The van der Waals surface area contributed by atoms with Gasteiger partial charge in [-0.05, 0) is 97.6 Å². The summed E-state index contributed by atoms with van der Waals surface area (Å²) >= 11 is 0. The second-order valence-corrected chi connectivity index (χ2v) is 11.8. The molecule has 0 aromatic rings. The first-order valence-corrected chi connectivity index (χ1v) is 10.8. The van der Waals surface area contributed by atoms with Crippen LogP contribution in [0, 0.1) is 17.3 Å². The molecule has 4 rings (SSSR count). The number of fused-ring (bicyclic) bond motifs is 1. The Morgan fingerprint density at radius 3 is 1.60 bits per heavy atom. The summed E-state index contributed by atoms with van der Waals surface area (Å²) in [5.74, 6) is 1.89. The molecule has 4 aliphatic rings. The van der Waals surface area contributed by atoms with Gasteiger partial charge in [0, 0.05) is 43.3 Å². The molecule has 1 saturated carbocycles. The van der Waals surface area contributed by atoms with Gasteiger partial charge in [-0.25, -0.2) is 0 Å². The molecule has 4 fully saturated rings. The smallest absolute Gasteiger partial charge is 0.0125 e. The van der Waals surface area contributed by atoms with Gasteiger partial charge in [0.2, 0.25) is 0 Å². The zero-order valence-corrected chi connectivity index (χ0v) is 17.6. The fourth-order valence-corrected chi connectivity index (χ4v) is 6.13. The molecule has 3 heteroatoms. The number of hydrogen-bond acceptors (Lipinski definition) is 3. The highest BCUT2D eigenvalue weighted by Gasteiger charge is 2.52. The highest BCUT2D eigenvalue weighted by atomic mass is 15.3. The fraction of sp³-hybridized carbons (Fsp3) is 1.00. The molecule has 2 unspecified atom stereocenters. The summed E-state index contributed by atoms with van der Waals surface area (Å²) in [6, 6.07) is 0.912. The molecule has 0 aromatic carbocycles. The van der Waals surface area contributed by atoms with Gasteiger partial charge < -0.3 is 0 Å². The van der Waals surface area contributed by atoms with E-state index in [2.05, 4.69) is 56.2 Å². The van der Waals surface area contributed by atoms with E-state index in [1.54, 1.807) is 0 Å². The van der Waals surface area contributed by atoms with Gasteiger partial charge >= 0.3 is 0 Å². The highest BCUT2D eigenvalue weighted by molar-refractivity contribution is 5.06. The summed E-state index contributed by atoms with van der Waals surface area (Å²) in [5.41, 5.74) is 1.42. The molecule has 0 radical (unpaired) electrons. The van der Waals surface area contributed by atoms with Crippen molar-refractivity contribution in [2.75, 3.05) is 39.3 Å². The molecular weight excluding hydrogens is 306 g/mol. The van der Waals surface area contributed by atoms with Crippen LogP contribution >= 0.6 is 0 Å². The normalized spacial score (nSPS) is 35.3. The van der Waals surface area contributed by atoms with Gasteiger partial charge in [0.25, 0.3) is 0 Å². The van der Waals surface area contributed by atoms with Crippen LogP contribution in [0.3, 0.4) is 0 Å². The summed E-state index contributed by atoms with van der Waals surface area (Å²) in [4.78, 5) is 8.31. The lowest BCUT2D eigenvalue weighted by molar-refractivity contribution is -0.0547. The molecule has 0 aromatic heterocycles. The molecule has 1 aliphatic carbocycles. The van der Waals surface area contributed by atoms with E-state index < -0.39 is 0 Å². The summed E-state index contributed by atoms with van der Waals surface area (Å²) in [6.07, 6.45) is 5.87. The number of nitrogens with zero attached hydrogens (tertiary/aromatic N) is 3. The maximum atomic E-state index is 2.89. The van der Waals surface area contributed by atoms with Gasteiger partial charge in [-0.2, -0.15) is 0 Å². The number of likely N-dealkylation sites (tertiary alicyclic amines) is 3. The van der Waals surface area contributed by atoms with E-state index in [0.29, 0.717) is 16.5 Å². The molecule has 144 valence electrons. The second-order valence-electron chi connectivity index (χ2n) is 11.8. The molecule has 2 atom stereocenters. The predicted octanol–water partition coefficient (Wildman–Crippen LogP) is 3.69. The standard InChI is InChI=1S/C22H41N3/c1-20(2,3)24-9-7-22(8-10-24)11-19(12-22)23-13-17-15-25(21(4,5)6)16-18(17)14-23/h17-19H,7-16H2,1-6H3. The molecule has 0 bridgehead atoms. The van der Waals surface area contributed by atoms with Crippen LogP contribution in [0.5, 0.6) is 0 Å². The Bertz CT molecular complexity index is 470. The topological polar surface area (TPSA) is 9.72 Å². The van der Waals surface area contributed by atoms with Crippen molar-refractivity contribution < 1.29 is 0 Å².